The summed E-state index contributed by atoms with van der Waals surface area (Å²) >= 11 is 25.2. The molecule has 4 aliphatic rings. The number of carbonyl (C=O) groups is 6. The van der Waals surface area contributed by atoms with Crippen molar-refractivity contribution in [2.75, 3.05) is 188 Å². The predicted molar refractivity (Wildman–Crippen MR) is 624 cm³/mol. The van der Waals surface area contributed by atoms with Crippen LogP contribution in [0.2, 0.25) is 0 Å². The van der Waals surface area contributed by atoms with Gasteiger partial charge < -0.3 is 94.2 Å². The van der Waals surface area contributed by atoms with E-state index in [0.29, 0.717) is 81.3 Å². The molecule has 0 spiro atoms. The maximum absolute atomic E-state index is 13.3. The maximum Gasteiger partial charge on any atom is 1.00 e. The molecule has 8 aromatic carbocycles. The number of carbonyl (C=O) groups excluding carboxylic acids is 5. The van der Waals surface area contributed by atoms with E-state index in [9.17, 15) is 45.9 Å². The van der Waals surface area contributed by atoms with Gasteiger partial charge in [-0.15, -0.1) is 11.6 Å². The minimum atomic E-state index is -4.14. The molecule has 4 aliphatic heterocycles. The van der Waals surface area contributed by atoms with Gasteiger partial charge in [0.15, 0.2) is 0 Å². The van der Waals surface area contributed by atoms with Crippen LogP contribution in [0.1, 0.15) is 120 Å². The number of sulfonamides is 2. The number of esters is 1. The largest absolute Gasteiger partial charge is 1.00 e. The van der Waals surface area contributed by atoms with Crippen LogP contribution in [0, 0.1) is 0 Å². The zero-order chi connectivity index (χ0) is 100. The average molecular weight is 3040 g/mol. The van der Waals surface area contributed by atoms with Gasteiger partial charge in [0.2, 0.25) is 0 Å². The van der Waals surface area contributed by atoms with Crippen LogP contribution < -0.4 is 107 Å². The fraction of sp³-hybridized carbons (Fsp3) is 0.419. The first-order chi connectivity index (χ1) is 64.3. The van der Waals surface area contributed by atoms with E-state index in [0.717, 1.165) is 122 Å². The van der Waals surface area contributed by atoms with Gasteiger partial charge in [-0.1, -0.05) is 265 Å². The number of halogens is 10. The maximum atomic E-state index is 13.3. The van der Waals surface area contributed by atoms with Gasteiger partial charge in [-0.2, -0.15) is 0 Å². The van der Waals surface area contributed by atoms with Gasteiger partial charge in [0.05, 0.1) is 93.0 Å². The number of carboxylic acids is 1. The number of anilines is 6. The Morgan fingerprint density at radius 3 is 1.08 bits per heavy atom. The van der Waals surface area contributed by atoms with Crippen LogP contribution in [0.25, 0.3) is 0 Å². The number of piperazine rings is 4. The third-order valence-electron chi connectivity index (χ3n) is 19.6. The Bertz CT molecular complexity index is 5050. The molecule has 31 nitrogen and oxygen atoms in total. The molecule has 0 saturated carbocycles. The van der Waals surface area contributed by atoms with Crippen molar-refractivity contribution >= 4 is 300 Å². The molecule has 46 heteroatoms. The average Bonchev–Trinajstić information content (AvgIpc) is 0.797. The van der Waals surface area contributed by atoms with Crippen LogP contribution in [0.15, 0.2) is 192 Å². The smallest absolute Gasteiger partial charge is 0.870 e. The third-order valence-corrected chi connectivity index (χ3v) is 22.4. The first kappa shape index (κ1) is 142. The second kappa shape index (κ2) is 81.1. The summed E-state index contributed by atoms with van der Waals surface area (Å²) in [5, 5.41) is 21.4. The number of methoxy groups -OCH3 is 5. The SMILES string of the molecule is C.CCCCc1ccc(NS(=O)(=O)c2cccc(C(=O)N3CCN(c4ccccc4OC)CC3)c2)c(C(=O)O)c1.CCCCc1ccc(NS(=O)(=O)c2cccc(C(=O)N3CCN(c4ccccc4OC)CC3)c2)c(C(=O)OC)c1.CCl.CI.CI.COc1ccccc1N1CCN(C(=O)OC(C)(C)C)CC1.COc1ccccc1N1CCNCC1.IC(I)I.ICI.O.O=CO[O-].[I][V][I].[Li+].[Na+].[OH-]. The number of nitrogens with zero attached hydrogens (tertiary/aromatic N) is 7. The minimum Gasteiger partial charge on any atom is -0.870 e. The first-order valence-electron chi connectivity index (χ1n) is 41.7. The molecule has 0 atom stereocenters. The summed E-state index contributed by atoms with van der Waals surface area (Å²) in [5.41, 5.74) is 6.16. The molecule has 7 N–H and O–H groups in total. The van der Waals surface area contributed by atoms with E-state index in [1.165, 1.54) is 64.1 Å². The van der Waals surface area contributed by atoms with E-state index in [4.69, 9.17) is 38.5 Å². The number of rotatable bonds is 25. The van der Waals surface area contributed by atoms with Crippen molar-refractivity contribution in [1.29, 1.82) is 0 Å². The second-order valence-electron chi connectivity index (χ2n) is 29.1. The summed E-state index contributed by atoms with van der Waals surface area (Å²) < 4.78 is 91.8. The van der Waals surface area contributed by atoms with Crippen molar-refractivity contribution in [2.24, 2.45) is 0 Å². The molecule has 12 rings (SSSR count). The molecular weight excluding hydrogens is 2920 g/mol. The number of para-hydroxylation sites is 8. The molecular formula is C93H128ClI9LiN10NaO21S2V. The number of hydrogen-bond donors (Lipinski definition) is 4. The summed E-state index contributed by atoms with van der Waals surface area (Å²) in [6.07, 6.45) is 6.52. The van der Waals surface area contributed by atoms with Crippen molar-refractivity contribution < 1.29 is 158 Å². The van der Waals surface area contributed by atoms with Crippen molar-refractivity contribution in [3.05, 3.63) is 215 Å². The van der Waals surface area contributed by atoms with Gasteiger partial charge in [-0.25, -0.2) is 31.2 Å². The number of alkyl halides is 8. The van der Waals surface area contributed by atoms with Gasteiger partial charge in [-0.05, 0) is 177 Å². The predicted octanol–water partition coefficient (Wildman–Crippen LogP) is 14.1. The fourth-order valence-corrected chi connectivity index (χ4v) is 15.7. The Morgan fingerprint density at radius 2 is 0.799 bits per heavy atom. The number of ether oxygens (including phenoxy) is 6. The summed E-state index contributed by atoms with van der Waals surface area (Å²) in [6, 6.07) is 53.1. The molecule has 0 unspecified atom stereocenters. The minimum absolute atomic E-state index is 0. The Balaban J connectivity index is -0.000000848. The zero-order valence-corrected chi connectivity index (χ0v) is 105. The molecule has 0 aliphatic carbocycles. The molecule has 139 heavy (non-hydrogen) atoms. The van der Waals surface area contributed by atoms with E-state index in [2.05, 4.69) is 268 Å². The van der Waals surface area contributed by atoms with E-state index in [-0.39, 0.29) is 135 Å². The van der Waals surface area contributed by atoms with Gasteiger partial charge in [0.25, 0.3) is 38.3 Å². The zero-order valence-electron chi connectivity index (χ0n) is 80.2. The molecule has 765 valence electrons. The van der Waals surface area contributed by atoms with E-state index < -0.39 is 37.6 Å². The standard InChI is InChI=1S/C30H35N3O6S.C29H33N3O6S.C16H24N2O3.C11H16N2O.CH3Cl.CHI3.CH2I2.2CH3I.CH2O3.CH4.2HI.Li.Na.2H2O.V/c1-4-5-9-22-14-15-26(25(20-22)30(35)39-3)31-40(36,37)24-11-8-10-23(21-24)29(34)33-18-16-32(17-19-33)27-12-6-7-13-28(27)38-2;1-3-4-8-21-13-14-25(24(19-21)29(34)35)30-39(36,37)23-10-7-9-22(20-23)28(33)32-17-15-31(16-18-32)26-11-5-6-12-27(26)38-2;1-16(2,3)21-15(19)18-11-9-17(10-12-18)13-7-5-6-8-14(13)20-4;1-14-11-5-3-2-4-10(11)13-8-6-12-7-9-13;1-2;2-1(3)4;2-1-3;2*1-2;2-1-4-3;;;;;;;;/h6-8,10-15,20-21,31H,4-5,9,16-19H2,1-3H3;5-7,9-14,19-20,30H,3-4,8,15-18H2,1-2H3,(H,34,35);5-8H,9-12H2,1-4H3;2-5,12H,6-9H2,1H3;1H3;1H;1H2;2*1H3;1,3H;1H4;2*1H;;;2*1H2;/q;;;;;;;;;;;;;2*+1;;;+2/p-4. The summed E-state index contributed by atoms with van der Waals surface area (Å²) in [5.74, 6) is 1.01. The van der Waals surface area contributed by atoms with Crippen molar-refractivity contribution in [2.45, 2.75) is 95.9 Å². The molecule has 4 heterocycles. The second-order valence-corrected chi connectivity index (χ2v) is 59.6. The monoisotopic (exact) mass is 3040 g/mol. The molecule has 0 bridgehead atoms. The molecule has 3 amide bonds. The molecule has 8 aromatic rings. The van der Waals surface area contributed by atoms with Gasteiger partial charge in [-0.3, -0.25) is 23.8 Å². The van der Waals surface area contributed by atoms with Crippen LogP contribution in [0.5, 0.6) is 23.0 Å². The third kappa shape index (κ3) is 51.8. The number of nitrogens with one attached hydrogen (secondary N) is 3. The van der Waals surface area contributed by atoms with Gasteiger partial charge in [0, 0.05) is 122 Å². The number of aryl methyl sites for hydroxylation is 2. The van der Waals surface area contributed by atoms with Crippen molar-refractivity contribution in [3.8, 4) is 23.0 Å². The Hall–Kier alpha value is -2.84. The van der Waals surface area contributed by atoms with E-state index in [1.807, 2.05) is 122 Å². The molecule has 0 aromatic heterocycles. The van der Waals surface area contributed by atoms with Gasteiger partial charge in [0.1, 0.15) is 28.5 Å². The summed E-state index contributed by atoms with van der Waals surface area (Å²) in [4.78, 5) is 92.0. The quantitative estimate of drug-likeness (QED) is 0.00785. The van der Waals surface area contributed by atoms with Crippen LogP contribution in [0.4, 0.5) is 38.9 Å². The van der Waals surface area contributed by atoms with Gasteiger partial charge >= 0.3 is 116 Å². The van der Waals surface area contributed by atoms with Crippen LogP contribution in [-0.2, 0) is 61.5 Å². The Morgan fingerprint density at radius 1 is 0.511 bits per heavy atom. The number of unbranched alkanes of at least 4 members (excludes halogenated alkanes) is 2. The van der Waals surface area contributed by atoms with E-state index >= 15 is 0 Å². The molecule has 4 saturated heterocycles. The normalized spacial score (nSPS) is 12.6. The fourth-order valence-electron chi connectivity index (χ4n) is 13.5. The topological polar surface area (TPSA) is 399 Å². The Kier molecular flexibility index (Phi) is 83.1. The van der Waals surface area contributed by atoms with Crippen LogP contribution >= 0.6 is 210 Å². The van der Waals surface area contributed by atoms with Crippen LogP contribution in [-0.4, -0.2) is 248 Å². The van der Waals surface area contributed by atoms with Crippen molar-refractivity contribution in [1.82, 2.24) is 20.0 Å². The Labute approximate surface area is 986 Å². The summed E-state index contributed by atoms with van der Waals surface area (Å²) in [7, 11) is 0.297. The number of amides is 3. The first-order valence-corrected chi connectivity index (χ1v) is 65.6. The summed E-state index contributed by atoms with van der Waals surface area (Å²) in [6.45, 7) is 21.1. The van der Waals surface area contributed by atoms with Crippen LogP contribution in [0.3, 0.4) is 0 Å². The van der Waals surface area contributed by atoms with E-state index in [1.54, 1.807) is 85.6 Å². The molecule has 0 radical (unpaired) electrons. The number of benzene rings is 8. The number of aromatic carboxylic acids is 1. The number of carboxylic acid groups (broad SMARTS) is 1. The molecule has 4 fully saturated rings. The number of hydrogen-bond acceptors (Lipinski definition) is 24. The van der Waals surface area contributed by atoms with Crippen molar-refractivity contribution in [3.63, 3.8) is 0 Å².